The molecule has 0 aromatic carbocycles. The summed E-state index contributed by atoms with van der Waals surface area (Å²) in [5, 5.41) is 42.3. The Hall–Kier alpha value is -1.41. The van der Waals surface area contributed by atoms with E-state index >= 15 is 0 Å². The smallest absolute Gasteiger partial charge is 0.239 e. The molecule has 184 valence electrons. The Morgan fingerprint density at radius 3 is 2.61 bits per heavy atom. The molecule has 2 aliphatic heterocycles. The highest BCUT2D eigenvalue weighted by atomic mass is 35.5. The van der Waals surface area contributed by atoms with Crippen LogP contribution < -0.4 is 16.0 Å². The second kappa shape index (κ2) is 9.68. The monoisotopic (exact) mass is 486 g/mol. The third-order valence-corrected chi connectivity index (χ3v) is 6.84. The Kier molecular flexibility index (Phi) is 7.25. The van der Waals surface area contributed by atoms with Crippen LogP contribution in [0.3, 0.4) is 0 Å². The molecule has 1 aromatic heterocycles. The molecule has 3 heterocycles. The minimum Gasteiger partial charge on any atom is -0.390 e. The van der Waals surface area contributed by atoms with Crippen molar-refractivity contribution in [2.75, 3.05) is 14.1 Å². The summed E-state index contributed by atoms with van der Waals surface area (Å²) in [6.45, 7) is 1.79. The number of amides is 1. The standard InChI is InChI=1S/C21H31ClN4O7/c1-9-6-12(26-13(27)8-11-7-10(22)4-5-25-11)21(30)20(31-9)32-19-17(29)14(23-2)16(28)15(24-3)18(19)33-21/h4-5,7,9,12,14-20,23-24,28-30H,6,8H2,1-3H3,(H,26,27)/t9-,12-,14-,15+,16+,17+,18?,19?,20?,21+/m1/s1. The molecule has 6 N–H and O–H groups in total. The molecule has 3 aliphatic rings. The first-order chi connectivity index (χ1) is 15.7. The van der Waals surface area contributed by atoms with Crippen LogP contribution in [0.15, 0.2) is 18.3 Å². The first-order valence-corrected chi connectivity index (χ1v) is 11.4. The van der Waals surface area contributed by atoms with E-state index in [0.717, 1.165) is 0 Å². The van der Waals surface area contributed by atoms with Gasteiger partial charge in [-0.1, -0.05) is 11.6 Å². The minimum absolute atomic E-state index is 0.0413. The van der Waals surface area contributed by atoms with Crippen molar-refractivity contribution in [1.82, 2.24) is 20.9 Å². The van der Waals surface area contributed by atoms with Gasteiger partial charge in [-0.3, -0.25) is 9.78 Å². The zero-order valence-electron chi connectivity index (χ0n) is 18.6. The molecule has 0 radical (unpaired) electrons. The van der Waals surface area contributed by atoms with Gasteiger partial charge in [0.25, 0.3) is 0 Å². The Morgan fingerprint density at radius 2 is 1.94 bits per heavy atom. The second-order valence-electron chi connectivity index (χ2n) is 8.82. The SMILES string of the molecule is CN[C@@H]1[C@H](O)[C@H](NC)C2O[C@]3(O)C(OC2[C@H]1O)O[C@H](C)C[C@H]3NC(=O)Cc1cc(Cl)ccn1. The van der Waals surface area contributed by atoms with Crippen LogP contribution in [-0.2, 0) is 25.4 Å². The summed E-state index contributed by atoms with van der Waals surface area (Å²) >= 11 is 5.97. The van der Waals surface area contributed by atoms with E-state index < -0.39 is 54.6 Å². The summed E-state index contributed by atoms with van der Waals surface area (Å²) in [5.41, 5.74) is 0.483. The molecular formula is C21H31ClN4O7. The summed E-state index contributed by atoms with van der Waals surface area (Å²) in [7, 11) is 3.27. The van der Waals surface area contributed by atoms with E-state index in [2.05, 4.69) is 20.9 Å². The van der Waals surface area contributed by atoms with Gasteiger partial charge in [0.15, 0.2) is 0 Å². The predicted molar refractivity (Wildman–Crippen MR) is 116 cm³/mol. The number of nitrogens with one attached hydrogen (secondary N) is 3. The van der Waals surface area contributed by atoms with Crippen LogP contribution in [-0.4, -0.2) is 101 Å². The van der Waals surface area contributed by atoms with Gasteiger partial charge in [-0.2, -0.15) is 0 Å². The average molecular weight is 487 g/mol. The highest BCUT2D eigenvalue weighted by Gasteiger charge is 2.63. The van der Waals surface area contributed by atoms with Gasteiger partial charge >= 0.3 is 0 Å². The van der Waals surface area contributed by atoms with Crippen LogP contribution >= 0.6 is 11.6 Å². The average Bonchev–Trinajstić information content (AvgIpc) is 2.74. The molecule has 0 bridgehead atoms. The van der Waals surface area contributed by atoms with E-state index in [-0.39, 0.29) is 24.9 Å². The number of hydrogen-bond donors (Lipinski definition) is 6. The maximum Gasteiger partial charge on any atom is 0.239 e. The number of aromatic nitrogens is 1. The van der Waals surface area contributed by atoms with Gasteiger partial charge in [0.1, 0.15) is 18.3 Å². The van der Waals surface area contributed by atoms with Crippen molar-refractivity contribution in [3.05, 3.63) is 29.0 Å². The van der Waals surface area contributed by atoms with Gasteiger partial charge in [-0.05, 0) is 39.6 Å². The lowest BCUT2D eigenvalue weighted by atomic mass is 9.79. The zero-order chi connectivity index (χ0) is 23.9. The van der Waals surface area contributed by atoms with Crippen molar-refractivity contribution in [2.24, 2.45) is 0 Å². The molecule has 1 aliphatic carbocycles. The van der Waals surface area contributed by atoms with Crippen molar-refractivity contribution in [1.29, 1.82) is 0 Å². The molecule has 10 atom stereocenters. The molecule has 11 nitrogen and oxygen atoms in total. The van der Waals surface area contributed by atoms with E-state index in [1.165, 1.54) is 6.20 Å². The largest absolute Gasteiger partial charge is 0.390 e. The number of aliphatic hydroxyl groups excluding tert-OH is 2. The van der Waals surface area contributed by atoms with Gasteiger partial charge in [0.05, 0.1) is 42.4 Å². The predicted octanol–water partition coefficient (Wildman–Crippen LogP) is -1.72. The molecule has 3 unspecified atom stereocenters. The van der Waals surface area contributed by atoms with Crippen molar-refractivity contribution in [2.45, 2.75) is 80.5 Å². The highest BCUT2D eigenvalue weighted by molar-refractivity contribution is 6.30. The fraction of sp³-hybridized carbons (Fsp3) is 0.714. The number of ether oxygens (including phenoxy) is 3. The Bertz CT molecular complexity index is 866. The molecule has 1 saturated carbocycles. The minimum atomic E-state index is -2.04. The number of nitrogens with zero attached hydrogens (tertiary/aromatic N) is 1. The van der Waals surface area contributed by atoms with Crippen molar-refractivity contribution in [3.8, 4) is 0 Å². The van der Waals surface area contributed by atoms with Crippen LogP contribution in [0.5, 0.6) is 0 Å². The molecule has 12 heteroatoms. The van der Waals surface area contributed by atoms with Crippen LogP contribution in [0.2, 0.25) is 5.02 Å². The highest BCUT2D eigenvalue weighted by Crippen LogP contribution is 2.41. The molecule has 3 fully saturated rings. The molecule has 1 amide bonds. The number of carbonyl (C=O) groups excluding carboxylic acids is 1. The normalized spacial score (nSPS) is 42.8. The lowest BCUT2D eigenvalue weighted by Crippen LogP contribution is -2.79. The van der Waals surface area contributed by atoms with E-state index in [0.29, 0.717) is 10.7 Å². The number of likely N-dealkylation sites (N-methyl/N-ethyl adjacent to an activating group) is 2. The lowest BCUT2D eigenvalue weighted by molar-refractivity contribution is -0.449. The summed E-state index contributed by atoms with van der Waals surface area (Å²) in [6.07, 6.45) is -3.81. The van der Waals surface area contributed by atoms with Crippen LogP contribution in [0.4, 0.5) is 0 Å². The number of rotatable bonds is 5. The quantitative estimate of drug-likeness (QED) is 0.283. The lowest BCUT2D eigenvalue weighted by Gasteiger charge is -2.58. The molecule has 1 aromatic rings. The Balaban J connectivity index is 1.55. The van der Waals surface area contributed by atoms with Crippen LogP contribution in [0.25, 0.3) is 0 Å². The number of pyridine rings is 1. The topological polar surface area (TPSA) is 154 Å². The van der Waals surface area contributed by atoms with Crippen molar-refractivity contribution >= 4 is 17.5 Å². The Labute approximate surface area is 196 Å². The first-order valence-electron chi connectivity index (χ1n) is 11.0. The molecular weight excluding hydrogens is 456 g/mol. The number of hydrogen-bond acceptors (Lipinski definition) is 10. The first kappa shape index (κ1) is 24.7. The molecule has 2 saturated heterocycles. The zero-order valence-corrected chi connectivity index (χ0v) is 19.4. The van der Waals surface area contributed by atoms with Crippen molar-refractivity contribution in [3.63, 3.8) is 0 Å². The van der Waals surface area contributed by atoms with E-state index in [4.69, 9.17) is 25.8 Å². The summed E-state index contributed by atoms with van der Waals surface area (Å²) in [4.78, 5) is 16.9. The number of carbonyl (C=O) groups is 1. The second-order valence-corrected chi connectivity index (χ2v) is 9.26. The summed E-state index contributed by atoms with van der Waals surface area (Å²) < 4.78 is 17.9. The summed E-state index contributed by atoms with van der Waals surface area (Å²) in [6, 6.07) is 1.00. The van der Waals surface area contributed by atoms with E-state index in [9.17, 15) is 20.1 Å². The Morgan fingerprint density at radius 1 is 1.21 bits per heavy atom. The third-order valence-electron chi connectivity index (χ3n) is 6.61. The van der Waals surface area contributed by atoms with Gasteiger partial charge < -0.3 is 45.5 Å². The van der Waals surface area contributed by atoms with Gasteiger partial charge in [-0.25, -0.2) is 0 Å². The van der Waals surface area contributed by atoms with Crippen molar-refractivity contribution < 1.29 is 34.3 Å². The molecule has 0 spiro atoms. The number of fused-ring (bicyclic) bond motifs is 2. The van der Waals surface area contributed by atoms with E-state index in [1.807, 2.05) is 0 Å². The van der Waals surface area contributed by atoms with Crippen LogP contribution in [0, 0.1) is 0 Å². The van der Waals surface area contributed by atoms with E-state index in [1.54, 1.807) is 33.2 Å². The fourth-order valence-electron chi connectivity index (χ4n) is 4.97. The molecule has 4 rings (SSSR count). The summed E-state index contributed by atoms with van der Waals surface area (Å²) in [5.74, 6) is -2.42. The third kappa shape index (κ3) is 4.62. The fourth-order valence-corrected chi connectivity index (χ4v) is 5.15. The van der Waals surface area contributed by atoms with Gasteiger partial charge in [0.2, 0.25) is 18.0 Å². The van der Waals surface area contributed by atoms with Gasteiger partial charge in [-0.15, -0.1) is 0 Å². The maximum absolute atomic E-state index is 12.8. The maximum atomic E-state index is 12.8. The number of aliphatic hydroxyl groups is 3. The number of halogens is 1. The van der Waals surface area contributed by atoms with Gasteiger partial charge in [0, 0.05) is 11.2 Å². The molecule has 33 heavy (non-hydrogen) atoms. The van der Waals surface area contributed by atoms with Crippen LogP contribution in [0.1, 0.15) is 19.0 Å².